The number of fused-ring (bicyclic) bond motifs is 3. The van der Waals surface area contributed by atoms with Gasteiger partial charge in [-0.25, -0.2) is 9.78 Å². The monoisotopic (exact) mass is 386 g/mol. The van der Waals surface area contributed by atoms with E-state index in [-0.39, 0.29) is 5.56 Å². The maximum Gasteiger partial charge on any atom is 0.335 e. The third kappa shape index (κ3) is 2.84. The number of H-pyrrole nitrogens is 2. The lowest BCUT2D eigenvalue weighted by atomic mass is 10.0. The van der Waals surface area contributed by atoms with Crippen LogP contribution in [0.4, 0.5) is 5.69 Å². The number of benzene rings is 2. The molecule has 0 radical (unpaired) electrons. The zero-order valence-electron chi connectivity index (χ0n) is 15.6. The number of hydrogen-bond acceptors (Lipinski definition) is 4. The number of carboxylic acid groups (broad SMARTS) is 1. The number of nitrogens with zero attached hydrogens (tertiary/aromatic N) is 1. The predicted octanol–water partition coefficient (Wildman–Crippen LogP) is 4.23. The molecule has 1 aliphatic rings. The van der Waals surface area contributed by atoms with Crippen molar-refractivity contribution < 1.29 is 14.6 Å². The van der Waals surface area contributed by atoms with Crippen LogP contribution in [0.2, 0.25) is 0 Å². The van der Waals surface area contributed by atoms with Gasteiger partial charge in [0.2, 0.25) is 0 Å². The second-order valence-electron chi connectivity index (χ2n) is 6.84. The van der Waals surface area contributed by atoms with Crippen LogP contribution < -0.4 is 10.1 Å². The van der Waals surface area contributed by atoms with E-state index in [1.54, 1.807) is 31.4 Å². The lowest BCUT2D eigenvalue weighted by molar-refractivity contribution is 0.0697. The van der Waals surface area contributed by atoms with Crippen LogP contribution in [0, 0.1) is 0 Å². The number of carbonyl (C=O) groups is 1. The summed E-state index contributed by atoms with van der Waals surface area (Å²) in [6, 6.07) is 12.6. The van der Waals surface area contributed by atoms with Crippen molar-refractivity contribution in [3.63, 3.8) is 0 Å². The first kappa shape index (κ1) is 17.1. The van der Waals surface area contributed by atoms with Crippen LogP contribution in [0.5, 0.6) is 5.75 Å². The highest BCUT2D eigenvalue weighted by Crippen LogP contribution is 2.38. The van der Waals surface area contributed by atoms with E-state index in [1.165, 1.54) is 0 Å². The van der Waals surface area contributed by atoms with E-state index in [0.717, 1.165) is 44.9 Å². The van der Waals surface area contributed by atoms with Gasteiger partial charge in [0, 0.05) is 29.6 Å². The predicted molar refractivity (Wildman–Crippen MR) is 112 cm³/mol. The molecule has 144 valence electrons. The van der Waals surface area contributed by atoms with Gasteiger partial charge in [0.1, 0.15) is 11.6 Å². The normalized spacial score (nSPS) is 14.2. The van der Waals surface area contributed by atoms with Crippen LogP contribution in [-0.4, -0.2) is 39.7 Å². The fraction of sp³-hybridized carbons (Fsp3) is 0.0909. The molecule has 0 fully saturated rings. The van der Waals surface area contributed by atoms with Crippen molar-refractivity contribution in [2.45, 2.75) is 0 Å². The summed E-state index contributed by atoms with van der Waals surface area (Å²) in [5.41, 5.74) is 7.01. The van der Waals surface area contributed by atoms with Gasteiger partial charge in [0.15, 0.2) is 0 Å². The summed E-state index contributed by atoms with van der Waals surface area (Å²) >= 11 is 0. The molecule has 2 aromatic carbocycles. The highest BCUT2D eigenvalue weighted by Gasteiger charge is 2.22. The third-order valence-corrected chi connectivity index (χ3v) is 5.13. The van der Waals surface area contributed by atoms with E-state index in [0.29, 0.717) is 12.4 Å². The molecule has 0 aliphatic carbocycles. The summed E-state index contributed by atoms with van der Waals surface area (Å²) in [4.78, 5) is 22.5. The maximum absolute atomic E-state index is 11.1. The van der Waals surface area contributed by atoms with Crippen LogP contribution >= 0.6 is 0 Å². The summed E-state index contributed by atoms with van der Waals surface area (Å²) in [5, 5.41) is 12.5. The second kappa shape index (κ2) is 6.56. The summed E-state index contributed by atoms with van der Waals surface area (Å²) in [6.45, 7) is 0.701. The Kier molecular flexibility index (Phi) is 3.87. The van der Waals surface area contributed by atoms with Crippen LogP contribution in [0.3, 0.4) is 0 Å². The Bertz CT molecular complexity index is 1270. The van der Waals surface area contributed by atoms with Crippen molar-refractivity contribution in [1.29, 1.82) is 0 Å². The topological polar surface area (TPSA) is 103 Å². The summed E-state index contributed by atoms with van der Waals surface area (Å²) in [6.07, 6.45) is 3.93. The Labute approximate surface area is 166 Å². The van der Waals surface area contributed by atoms with Crippen molar-refractivity contribution in [1.82, 2.24) is 15.0 Å². The largest absolute Gasteiger partial charge is 0.495 e. The molecule has 0 spiro atoms. The average Bonchev–Trinajstić information content (AvgIpc) is 3.45. The lowest BCUT2D eigenvalue weighted by Gasteiger charge is -2.02. The molecule has 3 heterocycles. The molecular weight excluding hydrogens is 368 g/mol. The standard InChI is InChI=1S/C22H18N4O3/c1-29-18-8-9-23-17(18)10-14-11-24-15-6-7-16-20(19(14)15)26-21(25-16)12-2-4-13(5-3-12)22(27)28/h2-10,23-24H,11H2,1H3,(H,25,26)(H,27,28)/b14-10-. The molecule has 2 aromatic heterocycles. The van der Waals surface area contributed by atoms with Gasteiger partial charge in [-0.15, -0.1) is 0 Å². The Morgan fingerprint density at radius 1 is 1.17 bits per heavy atom. The van der Waals surface area contributed by atoms with Gasteiger partial charge in [0.05, 0.1) is 29.4 Å². The number of carboxylic acids is 1. The van der Waals surface area contributed by atoms with E-state index in [2.05, 4.69) is 21.4 Å². The van der Waals surface area contributed by atoms with Crippen molar-refractivity contribution in [2.75, 3.05) is 19.0 Å². The molecule has 4 aromatic rings. The van der Waals surface area contributed by atoms with E-state index >= 15 is 0 Å². The quantitative estimate of drug-likeness (QED) is 0.420. The second-order valence-corrected chi connectivity index (χ2v) is 6.84. The molecule has 5 rings (SSSR count). The summed E-state index contributed by atoms with van der Waals surface area (Å²) < 4.78 is 5.40. The first-order chi connectivity index (χ1) is 14.1. The van der Waals surface area contributed by atoms with Crippen molar-refractivity contribution in [3.8, 4) is 17.1 Å². The molecule has 0 bridgehead atoms. The molecule has 7 nitrogen and oxygen atoms in total. The molecule has 0 unspecified atom stereocenters. The fourth-order valence-electron chi connectivity index (χ4n) is 3.69. The highest BCUT2D eigenvalue weighted by molar-refractivity contribution is 6.04. The Balaban J connectivity index is 1.61. The number of methoxy groups -OCH3 is 1. The maximum atomic E-state index is 11.1. The number of aromatic amines is 2. The number of imidazole rings is 1. The van der Waals surface area contributed by atoms with Crippen LogP contribution in [0.25, 0.3) is 34.1 Å². The van der Waals surface area contributed by atoms with Gasteiger partial charge >= 0.3 is 5.97 Å². The van der Waals surface area contributed by atoms with Crippen LogP contribution in [0.15, 0.2) is 48.7 Å². The van der Waals surface area contributed by atoms with E-state index in [9.17, 15) is 4.79 Å². The number of rotatable bonds is 4. The van der Waals surface area contributed by atoms with E-state index < -0.39 is 5.97 Å². The number of anilines is 1. The van der Waals surface area contributed by atoms with Crippen LogP contribution in [0.1, 0.15) is 21.6 Å². The van der Waals surface area contributed by atoms with Crippen molar-refractivity contribution in [2.24, 2.45) is 0 Å². The Hall–Kier alpha value is -4.00. The minimum atomic E-state index is -0.945. The highest BCUT2D eigenvalue weighted by atomic mass is 16.5. The Morgan fingerprint density at radius 3 is 2.76 bits per heavy atom. The zero-order chi connectivity index (χ0) is 20.0. The number of ether oxygens (including phenoxy) is 1. The number of hydrogen-bond donors (Lipinski definition) is 4. The van der Waals surface area contributed by atoms with Gasteiger partial charge in [-0.1, -0.05) is 12.1 Å². The summed E-state index contributed by atoms with van der Waals surface area (Å²) in [7, 11) is 1.65. The molecule has 1 aliphatic heterocycles. The zero-order valence-corrected chi connectivity index (χ0v) is 15.6. The Morgan fingerprint density at radius 2 is 2.00 bits per heavy atom. The minimum Gasteiger partial charge on any atom is -0.495 e. The van der Waals surface area contributed by atoms with E-state index in [1.807, 2.05) is 24.4 Å². The smallest absolute Gasteiger partial charge is 0.335 e. The minimum absolute atomic E-state index is 0.250. The molecule has 0 amide bonds. The molecule has 4 N–H and O–H groups in total. The van der Waals surface area contributed by atoms with Crippen molar-refractivity contribution in [3.05, 3.63) is 65.5 Å². The van der Waals surface area contributed by atoms with Gasteiger partial charge < -0.3 is 25.1 Å². The SMILES string of the molecule is COc1cc[nH]c1/C=C1/CNc2ccc3[nH]c(-c4ccc(C(=O)O)cc4)nc3c21. The average molecular weight is 386 g/mol. The van der Waals surface area contributed by atoms with Gasteiger partial charge in [-0.05, 0) is 42.0 Å². The molecule has 0 atom stereocenters. The molecule has 29 heavy (non-hydrogen) atoms. The first-order valence-corrected chi connectivity index (χ1v) is 9.16. The summed E-state index contributed by atoms with van der Waals surface area (Å²) in [5.74, 6) is 0.549. The van der Waals surface area contributed by atoms with Gasteiger partial charge in [0.25, 0.3) is 0 Å². The molecular formula is C22H18N4O3. The van der Waals surface area contributed by atoms with Gasteiger partial charge in [-0.2, -0.15) is 0 Å². The van der Waals surface area contributed by atoms with E-state index in [4.69, 9.17) is 14.8 Å². The number of aromatic carboxylic acids is 1. The van der Waals surface area contributed by atoms with Crippen molar-refractivity contribution >= 4 is 34.3 Å². The fourth-order valence-corrected chi connectivity index (χ4v) is 3.69. The first-order valence-electron chi connectivity index (χ1n) is 9.16. The lowest BCUT2D eigenvalue weighted by Crippen LogP contribution is -1.95. The van der Waals surface area contributed by atoms with Gasteiger partial charge in [-0.3, -0.25) is 0 Å². The number of aromatic nitrogens is 3. The third-order valence-electron chi connectivity index (χ3n) is 5.13. The molecule has 0 saturated carbocycles. The number of nitrogens with one attached hydrogen (secondary N) is 3. The molecule has 0 saturated heterocycles. The molecule has 7 heteroatoms. The van der Waals surface area contributed by atoms with Crippen LogP contribution in [-0.2, 0) is 0 Å².